The topological polar surface area (TPSA) is 80.8 Å². The minimum absolute atomic E-state index is 0.0510. The fourth-order valence-electron chi connectivity index (χ4n) is 2.05. The van der Waals surface area contributed by atoms with Crippen LogP contribution in [0.4, 0.5) is 10.5 Å². The molecule has 1 amide bonds. The maximum atomic E-state index is 11.6. The van der Waals surface area contributed by atoms with E-state index < -0.39 is 17.7 Å². The molecule has 1 aromatic rings. The van der Waals surface area contributed by atoms with Crippen LogP contribution < -0.4 is 10.2 Å². The second-order valence-electron chi connectivity index (χ2n) is 6.14. The Kier molecular flexibility index (Phi) is 4.54. The van der Waals surface area contributed by atoms with Gasteiger partial charge in [-0.05, 0) is 32.9 Å². The number of nitrogens with one attached hydrogen (secondary N) is 1. The second kappa shape index (κ2) is 6.21. The maximum Gasteiger partial charge on any atom is 0.407 e. The van der Waals surface area contributed by atoms with E-state index in [1.165, 1.54) is 7.11 Å². The van der Waals surface area contributed by atoms with E-state index in [9.17, 15) is 9.59 Å². The van der Waals surface area contributed by atoms with E-state index in [4.69, 9.17) is 4.74 Å². The smallest absolute Gasteiger partial charge is 0.407 e. The molecule has 0 aromatic carbocycles. The van der Waals surface area contributed by atoms with Gasteiger partial charge in [-0.1, -0.05) is 0 Å². The number of carbonyl (C=O) groups excluding carboxylic acids is 2. The Morgan fingerprint density at radius 2 is 2.00 bits per heavy atom. The van der Waals surface area contributed by atoms with Crippen LogP contribution in [-0.2, 0) is 9.47 Å². The number of hydrogen-bond donors (Lipinski definition) is 1. The number of hydrogen-bond acceptors (Lipinski definition) is 6. The lowest BCUT2D eigenvalue weighted by atomic mass is 10.1. The van der Waals surface area contributed by atoms with Gasteiger partial charge in [0.2, 0.25) is 0 Å². The second-order valence-corrected chi connectivity index (χ2v) is 6.14. The van der Waals surface area contributed by atoms with Crippen molar-refractivity contribution in [1.82, 2.24) is 10.3 Å². The summed E-state index contributed by atoms with van der Waals surface area (Å²) in [6, 6.07) is 3.48. The van der Waals surface area contributed by atoms with Crippen molar-refractivity contribution in [2.24, 2.45) is 0 Å². The Balaban J connectivity index is 1.81. The molecular weight excluding hydrogens is 286 g/mol. The van der Waals surface area contributed by atoms with Gasteiger partial charge in [0.25, 0.3) is 0 Å². The number of rotatable bonds is 3. The molecule has 0 atom stereocenters. The highest BCUT2D eigenvalue weighted by molar-refractivity contribution is 5.87. The Morgan fingerprint density at radius 3 is 2.50 bits per heavy atom. The van der Waals surface area contributed by atoms with Gasteiger partial charge in [-0.3, -0.25) is 0 Å². The average molecular weight is 307 g/mol. The Bertz CT molecular complexity index is 545. The lowest BCUT2D eigenvalue weighted by Crippen LogP contribution is -2.60. The van der Waals surface area contributed by atoms with Crippen LogP contribution in [0.15, 0.2) is 18.3 Å². The predicted octanol–water partition coefficient (Wildman–Crippen LogP) is 1.58. The van der Waals surface area contributed by atoms with E-state index in [0.29, 0.717) is 13.1 Å². The minimum Gasteiger partial charge on any atom is -0.464 e. The molecule has 120 valence electrons. The van der Waals surface area contributed by atoms with E-state index >= 15 is 0 Å². The number of esters is 1. The van der Waals surface area contributed by atoms with Crippen molar-refractivity contribution >= 4 is 17.7 Å². The van der Waals surface area contributed by atoms with Crippen molar-refractivity contribution < 1.29 is 19.1 Å². The summed E-state index contributed by atoms with van der Waals surface area (Å²) in [7, 11) is 1.32. The molecule has 1 aliphatic heterocycles. The van der Waals surface area contributed by atoms with Crippen molar-refractivity contribution in [3.8, 4) is 0 Å². The molecule has 0 spiro atoms. The molecular formula is C15H21N3O4. The number of nitrogens with zero attached hydrogens (tertiary/aromatic N) is 2. The summed E-state index contributed by atoms with van der Waals surface area (Å²) < 4.78 is 9.81. The van der Waals surface area contributed by atoms with E-state index in [2.05, 4.69) is 19.9 Å². The first-order valence-electron chi connectivity index (χ1n) is 7.07. The molecule has 22 heavy (non-hydrogen) atoms. The van der Waals surface area contributed by atoms with Gasteiger partial charge in [0.15, 0.2) is 0 Å². The molecule has 1 aromatic heterocycles. The van der Waals surface area contributed by atoms with Crippen LogP contribution in [-0.4, -0.2) is 48.9 Å². The lowest BCUT2D eigenvalue weighted by molar-refractivity contribution is 0.0495. The standard InChI is InChI=1S/C15H21N3O4/c1-15(2,3)22-14(20)17-10-8-18(9-10)11-5-6-12(16-7-11)13(19)21-4/h5-7,10H,8-9H2,1-4H3,(H,17,20). The molecule has 2 rings (SSSR count). The zero-order chi connectivity index (χ0) is 16.3. The van der Waals surface area contributed by atoms with E-state index in [0.717, 1.165) is 5.69 Å². The fraction of sp³-hybridized carbons (Fsp3) is 0.533. The normalized spacial score (nSPS) is 15.0. The first-order chi connectivity index (χ1) is 10.3. The maximum absolute atomic E-state index is 11.6. The van der Waals surface area contributed by atoms with Crippen LogP contribution in [0.25, 0.3) is 0 Å². The molecule has 1 aliphatic rings. The molecule has 1 saturated heterocycles. The minimum atomic E-state index is -0.499. The molecule has 0 aliphatic carbocycles. The third kappa shape index (κ3) is 4.09. The van der Waals surface area contributed by atoms with Crippen LogP contribution in [0.1, 0.15) is 31.3 Å². The summed E-state index contributed by atoms with van der Waals surface area (Å²) in [5.41, 5.74) is 0.673. The van der Waals surface area contributed by atoms with Gasteiger partial charge >= 0.3 is 12.1 Å². The number of carbonyl (C=O) groups is 2. The van der Waals surface area contributed by atoms with Crippen LogP contribution in [0, 0.1) is 0 Å². The van der Waals surface area contributed by atoms with E-state index in [1.807, 2.05) is 26.8 Å². The highest BCUT2D eigenvalue weighted by atomic mass is 16.6. The van der Waals surface area contributed by atoms with Crippen LogP contribution in [0.2, 0.25) is 0 Å². The van der Waals surface area contributed by atoms with Gasteiger partial charge in [-0.15, -0.1) is 0 Å². The molecule has 0 saturated carbocycles. The molecule has 0 bridgehead atoms. The lowest BCUT2D eigenvalue weighted by Gasteiger charge is -2.41. The molecule has 0 radical (unpaired) electrons. The SMILES string of the molecule is COC(=O)c1ccc(N2CC(NC(=O)OC(C)(C)C)C2)cn1. The average Bonchev–Trinajstić information content (AvgIpc) is 2.40. The fourth-order valence-corrected chi connectivity index (χ4v) is 2.05. The van der Waals surface area contributed by atoms with Crippen molar-refractivity contribution in [3.63, 3.8) is 0 Å². The Labute approximate surface area is 129 Å². The molecule has 1 N–H and O–H groups in total. The van der Waals surface area contributed by atoms with Gasteiger partial charge in [0.1, 0.15) is 11.3 Å². The number of anilines is 1. The van der Waals surface area contributed by atoms with Gasteiger partial charge in [0.05, 0.1) is 25.0 Å². The van der Waals surface area contributed by atoms with Crippen molar-refractivity contribution in [2.75, 3.05) is 25.1 Å². The molecule has 0 unspecified atom stereocenters. The molecule has 2 heterocycles. The van der Waals surface area contributed by atoms with Gasteiger partial charge in [-0.25, -0.2) is 14.6 Å². The molecule has 1 fully saturated rings. The number of alkyl carbamates (subject to hydrolysis) is 1. The van der Waals surface area contributed by atoms with Gasteiger partial charge in [-0.2, -0.15) is 0 Å². The summed E-state index contributed by atoms with van der Waals surface area (Å²) in [6.45, 7) is 6.84. The first kappa shape index (κ1) is 16.1. The van der Waals surface area contributed by atoms with Crippen molar-refractivity contribution in [2.45, 2.75) is 32.4 Å². The Hall–Kier alpha value is -2.31. The van der Waals surface area contributed by atoms with Crippen LogP contribution >= 0.6 is 0 Å². The van der Waals surface area contributed by atoms with Gasteiger partial charge in [0, 0.05) is 13.1 Å². The highest BCUT2D eigenvalue weighted by Crippen LogP contribution is 2.20. The summed E-state index contributed by atoms with van der Waals surface area (Å²) in [5.74, 6) is -0.459. The summed E-state index contributed by atoms with van der Waals surface area (Å²) in [4.78, 5) is 29.1. The Morgan fingerprint density at radius 1 is 1.32 bits per heavy atom. The molecule has 7 nitrogen and oxygen atoms in total. The highest BCUT2D eigenvalue weighted by Gasteiger charge is 2.30. The number of pyridine rings is 1. The number of methoxy groups -OCH3 is 1. The largest absolute Gasteiger partial charge is 0.464 e. The molecule has 7 heteroatoms. The monoisotopic (exact) mass is 307 g/mol. The summed E-state index contributed by atoms with van der Waals surface area (Å²) in [6.07, 6.45) is 1.21. The zero-order valence-electron chi connectivity index (χ0n) is 13.3. The van der Waals surface area contributed by atoms with E-state index in [-0.39, 0.29) is 11.7 Å². The van der Waals surface area contributed by atoms with Crippen molar-refractivity contribution in [1.29, 1.82) is 0 Å². The third-order valence-electron chi connectivity index (χ3n) is 3.11. The number of ether oxygens (including phenoxy) is 2. The number of aromatic nitrogens is 1. The van der Waals surface area contributed by atoms with Crippen molar-refractivity contribution in [3.05, 3.63) is 24.0 Å². The van der Waals surface area contributed by atoms with Crippen LogP contribution in [0.5, 0.6) is 0 Å². The van der Waals surface area contributed by atoms with Gasteiger partial charge < -0.3 is 19.7 Å². The third-order valence-corrected chi connectivity index (χ3v) is 3.11. The summed E-state index contributed by atoms with van der Waals surface area (Å²) >= 11 is 0. The number of amides is 1. The first-order valence-corrected chi connectivity index (χ1v) is 7.07. The zero-order valence-corrected chi connectivity index (χ0v) is 13.3. The predicted molar refractivity (Wildman–Crippen MR) is 80.9 cm³/mol. The quantitative estimate of drug-likeness (QED) is 0.854. The van der Waals surface area contributed by atoms with Crippen LogP contribution in [0.3, 0.4) is 0 Å². The summed E-state index contributed by atoms with van der Waals surface area (Å²) in [5, 5.41) is 2.81. The van der Waals surface area contributed by atoms with E-state index in [1.54, 1.807) is 12.3 Å².